The number of hydrogen-bond donors (Lipinski definition) is 0. The van der Waals surface area contributed by atoms with Crippen LogP contribution in [-0.4, -0.2) is 6.10 Å². The fraction of sp³-hybridized carbons (Fsp3) is 0.438. The van der Waals surface area contributed by atoms with Crippen LogP contribution in [0.5, 0.6) is 5.75 Å². The number of fused-ring (bicyclic) bond motifs is 1. The molecule has 0 atom stereocenters. The normalized spacial score (nSPS) is 11.2. The lowest BCUT2D eigenvalue weighted by molar-refractivity contribution is 0.241. The second-order valence-electron chi connectivity index (χ2n) is 5.07. The number of hydrogen-bond acceptors (Lipinski definition) is 3. The molecule has 3 heteroatoms. The molecule has 0 aliphatic heterocycles. The molecule has 0 radical (unpaired) electrons. The van der Waals surface area contributed by atoms with Crippen LogP contribution < -0.4 is 10.4 Å². The molecule has 102 valence electrons. The molecule has 3 nitrogen and oxygen atoms in total. The molecule has 1 aromatic heterocycles. The van der Waals surface area contributed by atoms with Crippen LogP contribution in [0.15, 0.2) is 27.4 Å². The Kier molecular flexibility index (Phi) is 3.93. The van der Waals surface area contributed by atoms with E-state index in [0.717, 1.165) is 35.1 Å². The zero-order chi connectivity index (χ0) is 14.0. The van der Waals surface area contributed by atoms with E-state index in [1.165, 1.54) is 0 Å². The molecule has 0 saturated heterocycles. The molecule has 0 unspecified atom stereocenters. The number of benzene rings is 1. The summed E-state index contributed by atoms with van der Waals surface area (Å²) in [7, 11) is 0. The van der Waals surface area contributed by atoms with Crippen LogP contribution in [0.4, 0.5) is 0 Å². The zero-order valence-electron chi connectivity index (χ0n) is 11.9. The zero-order valence-corrected chi connectivity index (χ0v) is 11.9. The highest BCUT2D eigenvalue weighted by atomic mass is 16.5. The van der Waals surface area contributed by atoms with Gasteiger partial charge in [0.15, 0.2) is 0 Å². The maximum atomic E-state index is 11.7. The van der Waals surface area contributed by atoms with E-state index in [9.17, 15) is 4.79 Å². The van der Waals surface area contributed by atoms with Gasteiger partial charge in [-0.05, 0) is 44.9 Å². The van der Waals surface area contributed by atoms with Crippen molar-refractivity contribution >= 4 is 11.0 Å². The van der Waals surface area contributed by atoms with E-state index in [2.05, 4.69) is 6.92 Å². The molecule has 0 spiro atoms. The molecule has 0 amide bonds. The molecule has 2 rings (SSSR count). The van der Waals surface area contributed by atoms with Gasteiger partial charge < -0.3 is 9.15 Å². The topological polar surface area (TPSA) is 39.4 Å². The summed E-state index contributed by atoms with van der Waals surface area (Å²) < 4.78 is 11.1. The molecular weight excluding hydrogens is 240 g/mol. The van der Waals surface area contributed by atoms with Gasteiger partial charge in [-0.3, -0.25) is 0 Å². The van der Waals surface area contributed by atoms with Crippen LogP contribution in [0.1, 0.15) is 38.3 Å². The summed E-state index contributed by atoms with van der Waals surface area (Å²) in [5.74, 6) is 0.777. The maximum Gasteiger partial charge on any atom is 0.336 e. The minimum atomic E-state index is -0.291. The summed E-state index contributed by atoms with van der Waals surface area (Å²) in [5.41, 5.74) is 2.30. The monoisotopic (exact) mass is 260 g/mol. The Labute approximate surface area is 113 Å². The van der Waals surface area contributed by atoms with Crippen LogP contribution in [0, 0.1) is 6.92 Å². The first kappa shape index (κ1) is 13.7. The Morgan fingerprint density at radius 3 is 2.68 bits per heavy atom. The van der Waals surface area contributed by atoms with Crippen molar-refractivity contribution in [3.05, 3.63) is 39.7 Å². The van der Waals surface area contributed by atoms with Crippen LogP contribution in [0.3, 0.4) is 0 Å². The van der Waals surface area contributed by atoms with Crippen molar-refractivity contribution in [3.63, 3.8) is 0 Å². The summed E-state index contributed by atoms with van der Waals surface area (Å²) in [6.45, 7) is 7.99. The minimum absolute atomic E-state index is 0.0988. The van der Waals surface area contributed by atoms with Crippen molar-refractivity contribution in [2.75, 3.05) is 0 Å². The second kappa shape index (κ2) is 5.47. The van der Waals surface area contributed by atoms with E-state index in [4.69, 9.17) is 9.15 Å². The van der Waals surface area contributed by atoms with E-state index in [1.54, 1.807) is 6.07 Å². The predicted molar refractivity (Wildman–Crippen MR) is 77.0 cm³/mol. The summed E-state index contributed by atoms with van der Waals surface area (Å²) >= 11 is 0. The second-order valence-corrected chi connectivity index (χ2v) is 5.07. The van der Waals surface area contributed by atoms with Gasteiger partial charge in [0.05, 0.1) is 6.10 Å². The standard InChI is InChI=1S/C16H20O3/c1-5-6-12-9-15(17)19-16-11(4)14(18-10(2)3)8-7-13(12)16/h7-10H,5-6H2,1-4H3. The third-order valence-corrected chi connectivity index (χ3v) is 3.08. The molecular formula is C16H20O3. The lowest BCUT2D eigenvalue weighted by Gasteiger charge is -2.14. The third kappa shape index (κ3) is 2.80. The van der Waals surface area contributed by atoms with Gasteiger partial charge in [-0.2, -0.15) is 0 Å². The maximum absolute atomic E-state index is 11.7. The van der Waals surface area contributed by atoms with E-state index in [-0.39, 0.29) is 11.7 Å². The van der Waals surface area contributed by atoms with Gasteiger partial charge in [0.25, 0.3) is 0 Å². The molecule has 0 aliphatic rings. The van der Waals surface area contributed by atoms with Crippen molar-refractivity contribution in [2.24, 2.45) is 0 Å². The largest absolute Gasteiger partial charge is 0.491 e. The summed E-state index contributed by atoms with van der Waals surface area (Å²) in [4.78, 5) is 11.7. The Morgan fingerprint density at radius 1 is 1.32 bits per heavy atom. The van der Waals surface area contributed by atoms with Gasteiger partial charge in [0.2, 0.25) is 0 Å². The first-order chi connectivity index (χ1) is 9.02. The molecule has 0 aliphatic carbocycles. The van der Waals surface area contributed by atoms with E-state index in [0.29, 0.717) is 5.58 Å². The predicted octanol–water partition coefficient (Wildman–Crippen LogP) is 3.84. The summed E-state index contributed by atoms with van der Waals surface area (Å²) in [6.07, 6.45) is 1.98. The van der Waals surface area contributed by atoms with E-state index in [1.807, 2.05) is 32.9 Å². The van der Waals surface area contributed by atoms with Crippen LogP contribution in [0.25, 0.3) is 11.0 Å². The smallest absolute Gasteiger partial charge is 0.336 e. The number of ether oxygens (including phenoxy) is 1. The summed E-state index contributed by atoms with van der Waals surface area (Å²) in [5, 5.41) is 1.01. The van der Waals surface area contributed by atoms with Crippen molar-refractivity contribution in [3.8, 4) is 5.75 Å². The highest BCUT2D eigenvalue weighted by molar-refractivity contribution is 5.84. The molecule has 1 heterocycles. The SMILES string of the molecule is CCCc1cc(=O)oc2c(C)c(OC(C)C)ccc12. The quantitative estimate of drug-likeness (QED) is 0.784. The highest BCUT2D eigenvalue weighted by Crippen LogP contribution is 2.29. The van der Waals surface area contributed by atoms with Gasteiger partial charge in [-0.25, -0.2) is 4.79 Å². The van der Waals surface area contributed by atoms with Gasteiger partial charge in [0, 0.05) is 17.0 Å². The first-order valence-electron chi connectivity index (χ1n) is 6.76. The Morgan fingerprint density at radius 2 is 2.05 bits per heavy atom. The molecule has 2 aromatic rings. The van der Waals surface area contributed by atoms with Crippen LogP contribution >= 0.6 is 0 Å². The van der Waals surface area contributed by atoms with Crippen molar-refractivity contribution in [2.45, 2.75) is 46.6 Å². The lowest BCUT2D eigenvalue weighted by Crippen LogP contribution is -2.08. The lowest BCUT2D eigenvalue weighted by atomic mass is 10.0. The number of rotatable bonds is 4. The first-order valence-corrected chi connectivity index (χ1v) is 6.76. The van der Waals surface area contributed by atoms with Crippen LogP contribution in [0.2, 0.25) is 0 Å². The molecule has 19 heavy (non-hydrogen) atoms. The third-order valence-electron chi connectivity index (χ3n) is 3.08. The van der Waals surface area contributed by atoms with Crippen molar-refractivity contribution in [1.29, 1.82) is 0 Å². The van der Waals surface area contributed by atoms with Gasteiger partial charge in [0.1, 0.15) is 11.3 Å². The fourth-order valence-corrected chi connectivity index (χ4v) is 2.27. The van der Waals surface area contributed by atoms with Crippen molar-refractivity contribution < 1.29 is 9.15 Å². The van der Waals surface area contributed by atoms with E-state index >= 15 is 0 Å². The van der Waals surface area contributed by atoms with Gasteiger partial charge >= 0.3 is 5.63 Å². The van der Waals surface area contributed by atoms with Crippen molar-refractivity contribution in [1.82, 2.24) is 0 Å². The number of aryl methyl sites for hydroxylation is 2. The molecule has 0 saturated carbocycles. The van der Waals surface area contributed by atoms with E-state index < -0.39 is 0 Å². The molecule has 0 N–H and O–H groups in total. The van der Waals surface area contributed by atoms with Gasteiger partial charge in [-0.15, -0.1) is 0 Å². The van der Waals surface area contributed by atoms with Crippen LogP contribution in [-0.2, 0) is 6.42 Å². The average molecular weight is 260 g/mol. The fourth-order valence-electron chi connectivity index (χ4n) is 2.27. The molecule has 0 bridgehead atoms. The summed E-state index contributed by atoms with van der Waals surface area (Å²) in [6, 6.07) is 5.53. The minimum Gasteiger partial charge on any atom is -0.491 e. The Bertz CT molecular complexity index is 638. The highest BCUT2D eigenvalue weighted by Gasteiger charge is 2.12. The molecule has 0 fully saturated rings. The Balaban J connectivity index is 2.65. The van der Waals surface area contributed by atoms with Gasteiger partial charge in [-0.1, -0.05) is 13.3 Å². The molecule has 1 aromatic carbocycles. The Hall–Kier alpha value is -1.77. The average Bonchev–Trinajstić information content (AvgIpc) is 2.33.